The van der Waals surface area contributed by atoms with Crippen LogP contribution in [-0.2, 0) is 19.5 Å². The molecule has 166 valence electrons. The number of hydrogen-bond donors (Lipinski definition) is 0. The van der Waals surface area contributed by atoms with Crippen LogP contribution in [0.5, 0.6) is 11.5 Å². The summed E-state index contributed by atoms with van der Waals surface area (Å²) >= 11 is 0. The molecule has 0 aliphatic carbocycles. The molecule has 0 amide bonds. The number of nitrogens with zero attached hydrogens (tertiary/aromatic N) is 1. The predicted molar refractivity (Wildman–Crippen MR) is 110 cm³/mol. The zero-order valence-corrected chi connectivity index (χ0v) is 18.0. The Morgan fingerprint density at radius 1 is 0.935 bits per heavy atom. The maximum absolute atomic E-state index is 12.6. The maximum Gasteiger partial charge on any atom is 0.338 e. The number of carbonyl (C=O) groups excluding carboxylic acids is 2. The van der Waals surface area contributed by atoms with Crippen LogP contribution in [0.4, 0.5) is 0 Å². The van der Waals surface area contributed by atoms with Crippen LogP contribution in [0.3, 0.4) is 0 Å². The third kappa shape index (κ3) is 5.40. The third-order valence-electron chi connectivity index (χ3n) is 4.71. The molecule has 0 N–H and O–H groups in total. The van der Waals surface area contributed by atoms with Crippen molar-refractivity contribution in [3.8, 4) is 11.5 Å². The van der Waals surface area contributed by atoms with E-state index in [2.05, 4.69) is 0 Å². The number of rotatable bonds is 8. The largest absolute Gasteiger partial charge is 0.497 e. The van der Waals surface area contributed by atoms with E-state index in [0.29, 0.717) is 24.7 Å². The molecule has 0 bridgehead atoms. The van der Waals surface area contributed by atoms with Crippen LogP contribution in [-0.4, -0.2) is 71.6 Å². The molecule has 2 aromatic carbocycles. The van der Waals surface area contributed by atoms with Crippen LogP contribution in [0.1, 0.15) is 20.7 Å². The molecule has 1 saturated heterocycles. The molecule has 3 rings (SSSR count). The fraction of sp³-hybridized carbons (Fsp3) is 0.333. The van der Waals surface area contributed by atoms with Gasteiger partial charge in [0, 0.05) is 24.7 Å². The molecule has 2 aromatic rings. The number of morpholine rings is 1. The van der Waals surface area contributed by atoms with Crippen LogP contribution in [0.15, 0.2) is 47.4 Å². The van der Waals surface area contributed by atoms with Gasteiger partial charge in [0.25, 0.3) is 0 Å². The molecule has 0 atom stereocenters. The minimum absolute atomic E-state index is 0.0893. The van der Waals surface area contributed by atoms with Gasteiger partial charge in [-0.2, -0.15) is 4.31 Å². The van der Waals surface area contributed by atoms with Crippen molar-refractivity contribution in [1.29, 1.82) is 0 Å². The number of sulfonamides is 1. The van der Waals surface area contributed by atoms with Gasteiger partial charge in [-0.1, -0.05) is 0 Å². The number of ketones is 1. The second-order valence-electron chi connectivity index (χ2n) is 6.64. The Balaban J connectivity index is 1.64. The quantitative estimate of drug-likeness (QED) is 0.443. The van der Waals surface area contributed by atoms with Gasteiger partial charge in [-0.05, 0) is 36.4 Å². The molecule has 10 heteroatoms. The van der Waals surface area contributed by atoms with Gasteiger partial charge in [0.15, 0.2) is 12.4 Å². The number of benzene rings is 2. The van der Waals surface area contributed by atoms with Crippen LogP contribution in [0.2, 0.25) is 0 Å². The second-order valence-corrected chi connectivity index (χ2v) is 8.58. The highest BCUT2D eigenvalue weighted by Gasteiger charge is 2.26. The van der Waals surface area contributed by atoms with Gasteiger partial charge in [-0.25, -0.2) is 13.2 Å². The van der Waals surface area contributed by atoms with Crippen molar-refractivity contribution in [2.45, 2.75) is 4.90 Å². The van der Waals surface area contributed by atoms with Crippen LogP contribution < -0.4 is 9.47 Å². The van der Waals surface area contributed by atoms with E-state index in [-0.39, 0.29) is 29.1 Å². The zero-order chi connectivity index (χ0) is 22.4. The average molecular weight is 449 g/mol. The fourth-order valence-electron chi connectivity index (χ4n) is 2.97. The van der Waals surface area contributed by atoms with Crippen molar-refractivity contribution in [1.82, 2.24) is 4.31 Å². The molecule has 0 radical (unpaired) electrons. The minimum Gasteiger partial charge on any atom is -0.497 e. The molecule has 31 heavy (non-hydrogen) atoms. The van der Waals surface area contributed by atoms with Crippen LogP contribution >= 0.6 is 0 Å². The summed E-state index contributed by atoms with van der Waals surface area (Å²) in [6.45, 7) is 0.774. The lowest BCUT2D eigenvalue weighted by atomic mass is 10.1. The van der Waals surface area contributed by atoms with E-state index in [0.717, 1.165) is 0 Å². The van der Waals surface area contributed by atoms with Gasteiger partial charge in [-0.3, -0.25) is 4.79 Å². The summed E-state index contributed by atoms with van der Waals surface area (Å²) < 4.78 is 47.1. The normalized spacial score (nSPS) is 14.6. The summed E-state index contributed by atoms with van der Waals surface area (Å²) in [4.78, 5) is 24.8. The molecule has 9 nitrogen and oxygen atoms in total. The van der Waals surface area contributed by atoms with Crippen molar-refractivity contribution in [2.24, 2.45) is 0 Å². The molecule has 0 spiro atoms. The summed E-state index contributed by atoms with van der Waals surface area (Å²) in [5, 5.41) is 0. The van der Waals surface area contributed by atoms with E-state index in [1.165, 1.54) is 54.9 Å². The predicted octanol–water partition coefficient (Wildman–Crippen LogP) is 1.76. The van der Waals surface area contributed by atoms with Crippen molar-refractivity contribution in [3.05, 3.63) is 53.6 Å². The lowest BCUT2D eigenvalue weighted by molar-refractivity contribution is 0.0474. The van der Waals surface area contributed by atoms with Crippen molar-refractivity contribution < 1.29 is 37.0 Å². The number of methoxy groups -OCH3 is 2. The average Bonchev–Trinajstić information content (AvgIpc) is 2.82. The number of carbonyl (C=O) groups is 2. The number of hydrogen-bond acceptors (Lipinski definition) is 8. The monoisotopic (exact) mass is 449 g/mol. The second kappa shape index (κ2) is 9.90. The van der Waals surface area contributed by atoms with E-state index in [9.17, 15) is 18.0 Å². The first-order valence-electron chi connectivity index (χ1n) is 9.46. The standard InChI is InChI=1S/C21H23NO8S/c1-27-17-11-16(12-18(13-17)28-2)21(24)30-14-20(23)15-3-5-19(6-4-15)31(25,26)22-7-9-29-10-8-22/h3-6,11-13H,7-10,14H2,1-2H3. The summed E-state index contributed by atoms with van der Waals surface area (Å²) in [7, 11) is -0.737. The lowest BCUT2D eigenvalue weighted by Gasteiger charge is -2.26. The summed E-state index contributed by atoms with van der Waals surface area (Å²) in [5.41, 5.74) is 0.410. The molecular weight excluding hydrogens is 426 g/mol. The third-order valence-corrected chi connectivity index (χ3v) is 6.62. The Bertz CT molecular complexity index is 1020. The number of esters is 1. The smallest absolute Gasteiger partial charge is 0.338 e. The van der Waals surface area contributed by atoms with E-state index in [1.807, 2.05) is 0 Å². The zero-order valence-electron chi connectivity index (χ0n) is 17.2. The lowest BCUT2D eigenvalue weighted by Crippen LogP contribution is -2.40. The van der Waals surface area contributed by atoms with Gasteiger partial charge < -0.3 is 18.9 Å². The Hall–Kier alpha value is -2.95. The van der Waals surface area contributed by atoms with Crippen LogP contribution in [0, 0.1) is 0 Å². The minimum atomic E-state index is -3.65. The van der Waals surface area contributed by atoms with Crippen molar-refractivity contribution >= 4 is 21.8 Å². The van der Waals surface area contributed by atoms with E-state index in [4.69, 9.17) is 18.9 Å². The first kappa shape index (κ1) is 22.7. The highest BCUT2D eigenvalue weighted by molar-refractivity contribution is 7.89. The maximum atomic E-state index is 12.6. The topological polar surface area (TPSA) is 108 Å². The molecule has 1 heterocycles. The van der Waals surface area contributed by atoms with Crippen LogP contribution in [0.25, 0.3) is 0 Å². The highest BCUT2D eigenvalue weighted by atomic mass is 32.2. The number of ether oxygens (including phenoxy) is 4. The summed E-state index contributed by atoms with van der Waals surface area (Å²) in [5.74, 6) is -0.347. The molecule has 1 aliphatic heterocycles. The molecule has 1 aliphatic rings. The molecule has 0 unspecified atom stereocenters. The van der Waals surface area contributed by atoms with E-state index >= 15 is 0 Å². The van der Waals surface area contributed by atoms with Gasteiger partial charge in [0.05, 0.1) is 37.9 Å². The molecule has 0 saturated carbocycles. The summed E-state index contributed by atoms with van der Waals surface area (Å²) in [6.07, 6.45) is 0. The Labute approximate surface area is 180 Å². The van der Waals surface area contributed by atoms with E-state index in [1.54, 1.807) is 6.07 Å². The highest BCUT2D eigenvalue weighted by Crippen LogP contribution is 2.23. The Morgan fingerprint density at radius 2 is 1.52 bits per heavy atom. The van der Waals surface area contributed by atoms with Crippen molar-refractivity contribution in [3.63, 3.8) is 0 Å². The first-order valence-corrected chi connectivity index (χ1v) is 10.9. The fourth-order valence-corrected chi connectivity index (χ4v) is 4.38. The first-order chi connectivity index (χ1) is 14.8. The summed E-state index contributed by atoms with van der Waals surface area (Å²) in [6, 6.07) is 10.1. The Morgan fingerprint density at radius 3 is 2.06 bits per heavy atom. The van der Waals surface area contributed by atoms with Gasteiger partial charge >= 0.3 is 5.97 Å². The van der Waals surface area contributed by atoms with Gasteiger partial charge in [0.2, 0.25) is 10.0 Å². The van der Waals surface area contributed by atoms with Gasteiger partial charge in [-0.15, -0.1) is 0 Å². The molecular formula is C21H23NO8S. The molecule has 0 aromatic heterocycles. The molecule has 1 fully saturated rings. The SMILES string of the molecule is COc1cc(OC)cc(C(=O)OCC(=O)c2ccc(S(=O)(=O)N3CCOCC3)cc2)c1. The van der Waals surface area contributed by atoms with Gasteiger partial charge in [0.1, 0.15) is 11.5 Å². The van der Waals surface area contributed by atoms with E-state index < -0.39 is 28.4 Å². The number of Topliss-reactive ketones (excluding diaryl/α,β-unsaturated/α-hetero) is 1. The van der Waals surface area contributed by atoms with Crippen molar-refractivity contribution in [2.75, 3.05) is 47.1 Å². The Kier molecular flexibility index (Phi) is 7.26.